The molecule has 3 rings (SSSR count). The van der Waals surface area contributed by atoms with Crippen molar-refractivity contribution in [1.29, 1.82) is 0 Å². The highest BCUT2D eigenvalue weighted by Crippen LogP contribution is 2.34. The van der Waals surface area contributed by atoms with Crippen LogP contribution in [0.2, 0.25) is 0 Å². The van der Waals surface area contributed by atoms with Crippen molar-refractivity contribution in [2.45, 2.75) is 42.9 Å². The third-order valence-corrected chi connectivity index (χ3v) is 6.85. The van der Waals surface area contributed by atoms with Gasteiger partial charge < -0.3 is 5.32 Å². The number of anilines is 1. The van der Waals surface area contributed by atoms with Crippen molar-refractivity contribution < 1.29 is 26.8 Å². The normalized spacial score (nSPS) is 16.6. The Balaban J connectivity index is 1.88. The molecule has 1 aromatic carbocycles. The number of nitrogens with zero attached hydrogens (tertiary/aromatic N) is 1. The average Bonchev–Trinajstić information content (AvgIpc) is 3.04. The molecule has 1 atom stereocenters. The molecule has 156 valence electrons. The second kappa shape index (κ2) is 8.66. The number of thiazole rings is 1. The molecular formula is C19H20F2N2O4S2. The summed E-state index contributed by atoms with van der Waals surface area (Å²) in [5.74, 6) is -1.92. The van der Waals surface area contributed by atoms with Crippen molar-refractivity contribution in [3.8, 4) is 0 Å². The third kappa shape index (κ3) is 5.45. The van der Waals surface area contributed by atoms with Crippen LogP contribution in [0.15, 0.2) is 29.3 Å². The van der Waals surface area contributed by atoms with Crippen LogP contribution < -0.4 is 5.32 Å². The fourth-order valence-corrected chi connectivity index (χ4v) is 4.78. The number of aromatic nitrogens is 1. The van der Waals surface area contributed by atoms with Gasteiger partial charge in [-0.2, -0.15) is 4.39 Å². The molecule has 0 radical (unpaired) electrons. The molecular weight excluding hydrogens is 422 g/mol. The summed E-state index contributed by atoms with van der Waals surface area (Å²) in [5, 5.41) is 2.08. The fraction of sp³-hybridized carbons (Fsp3) is 0.421. The molecule has 29 heavy (non-hydrogen) atoms. The summed E-state index contributed by atoms with van der Waals surface area (Å²) in [6, 6.07) is 3.62. The number of halogens is 2. The van der Waals surface area contributed by atoms with Crippen LogP contribution in [0.4, 0.5) is 13.9 Å². The van der Waals surface area contributed by atoms with E-state index in [2.05, 4.69) is 10.3 Å². The first kappa shape index (κ1) is 21.5. The molecule has 0 saturated heterocycles. The van der Waals surface area contributed by atoms with Crippen molar-refractivity contribution in [2.75, 3.05) is 11.6 Å². The first-order valence-corrected chi connectivity index (χ1v) is 11.8. The van der Waals surface area contributed by atoms with Crippen molar-refractivity contribution in [1.82, 2.24) is 4.98 Å². The predicted molar refractivity (Wildman–Crippen MR) is 105 cm³/mol. The van der Waals surface area contributed by atoms with Crippen LogP contribution in [0.3, 0.4) is 0 Å². The number of Topliss-reactive ketones (excluding diaryl/α,β-unsaturated/α-hetero) is 1. The van der Waals surface area contributed by atoms with Gasteiger partial charge in [-0.1, -0.05) is 17.4 Å². The van der Waals surface area contributed by atoms with Crippen LogP contribution in [0.5, 0.6) is 0 Å². The van der Waals surface area contributed by atoms with E-state index in [-0.39, 0.29) is 16.8 Å². The molecule has 0 bridgehead atoms. The SMILES string of the molecule is CS(=O)(=O)c1ccc(C(CC2CCC(=O)CC2)C(=O)Nc2ncc(F)s2)cc1F. The van der Waals surface area contributed by atoms with Gasteiger partial charge in [0, 0.05) is 19.1 Å². The summed E-state index contributed by atoms with van der Waals surface area (Å²) in [7, 11) is -3.74. The second-order valence-electron chi connectivity index (χ2n) is 7.19. The topological polar surface area (TPSA) is 93.2 Å². The van der Waals surface area contributed by atoms with Crippen LogP contribution in [0.1, 0.15) is 43.6 Å². The fourth-order valence-electron chi connectivity index (χ4n) is 3.50. The third-order valence-electron chi connectivity index (χ3n) is 5.01. The lowest BCUT2D eigenvalue weighted by Gasteiger charge is -2.26. The van der Waals surface area contributed by atoms with E-state index < -0.39 is 37.5 Å². The van der Waals surface area contributed by atoms with E-state index in [4.69, 9.17) is 0 Å². The van der Waals surface area contributed by atoms with Gasteiger partial charge in [-0.3, -0.25) is 9.59 Å². The minimum Gasteiger partial charge on any atom is -0.301 e. The summed E-state index contributed by atoms with van der Waals surface area (Å²) in [4.78, 5) is 27.7. The quantitative estimate of drug-likeness (QED) is 0.736. The zero-order valence-corrected chi connectivity index (χ0v) is 17.3. The maximum atomic E-state index is 14.4. The molecule has 1 amide bonds. The zero-order chi connectivity index (χ0) is 21.2. The van der Waals surface area contributed by atoms with Gasteiger partial charge in [0.25, 0.3) is 0 Å². The summed E-state index contributed by atoms with van der Waals surface area (Å²) >= 11 is 0.676. The highest BCUT2D eigenvalue weighted by atomic mass is 32.2. The number of ketones is 1. The smallest absolute Gasteiger partial charge is 0.233 e. The standard InChI is InChI=1S/C19H20F2N2O4S2/c1-29(26,27)16-7-4-12(9-15(16)20)14(8-11-2-5-13(24)6-3-11)18(25)23-19-22-10-17(21)28-19/h4,7,9-11,14H,2-3,5-6,8H2,1H3,(H,22,23,25). The highest BCUT2D eigenvalue weighted by Gasteiger charge is 2.29. The number of hydrogen-bond acceptors (Lipinski definition) is 6. The van der Waals surface area contributed by atoms with Gasteiger partial charge in [0.2, 0.25) is 5.91 Å². The Hall–Kier alpha value is -2.20. The van der Waals surface area contributed by atoms with Crippen LogP contribution in [0, 0.1) is 16.9 Å². The van der Waals surface area contributed by atoms with Crippen LogP contribution in [-0.4, -0.2) is 31.3 Å². The van der Waals surface area contributed by atoms with Gasteiger partial charge in [0.1, 0.15) is 16.5 Å². The Labute approximate surface area is 171 Å². The molecule has 1 heterocycles. The summed E-state index contributed by atoms with van der Waals surface area (Å²) < 4.78 is 50.9. The van der Waals surface area contributed by atoms with Gasteiger partial charge in [-0.15, -0.1) is 0 Å². The molecule has 10 heteroatoms. The molecule has 0 spiro atoms. The Morgan fingerprint density at radius 3 is 2.55 bits per heavy atom. The second-order valence-corrected chi connectivity index (χ2v) is 10.2. The Kier molecular flexibility index (Phi) is 6.42. The summed E-state index contributed by atoms with van der Waals surface area (Å²) in [6.07, 6.45) is 4.42. The molecule has 1 aliphatic carbocycles. The molecule has 1 aliphatic rings. The Bertz CT molecular complexity index is 1030. The minimum atomic E-state index is -3.74. The van der Waals surface area contributed by atoms with Gasteiger partial charge >= 0.3 is 0 Å². The molecule has 1 saturated carbocycles. The van der Waals surface area contributed by atoms with Crippen molar-refractivity contribution in [3.63, 3.8) is 0 Å². The monoisotopic (exact) mass is 442 g/mol. The summed E-state index contributed by atoms with van der Waals surface area (Å²) in [6.45, 7) is 0. The van der Waals surface area contributed by atoms with Crippen LogP contribution in [-0.2, 0) is 19.4 Å². The van der Waals surface area contributed by atoms with Crippen LogP contribution in [0.25, 0.3) is 0 Å². The molecule has 0 aliphatic heterocycles. The molecule has 1 fully saturated rings. The first-order valence-electron chi connectivity index (χ1n) is 9.07. The summed E-state index contributed by atoms with van der Waals surface area (Å²) in [5.41, 5.74) is 0.321. The lowest BCUT2D eigenvalue weighted by molar-refractivity contribution is -0.121. The van der Waals surface area contributed by atoms with Gasteiger partial charge in [0.05, 0.1) is 12.1 Å². The van der Waals surface area contributed by atoms with Gasteiger partial charge in [-0.25, -0.2) is 17.8 Å². The zero-order valence-electron chi connectivity index (χ0n) is 15.7. The highest BCUT2D eigenvalue weighted by molar-refractivity contribution is 7.90. The van der Waals surface area contributed by atoms with E-state index in [1.54, 1.807) is 0 Å². The van der Waals surface area contributed by atoms with E-state index in [0.717, 1.165) is 24.6 Å². The number of nitrogens with one attached hydrogen (secondary N) is 1. The van der Waals surface area contributed by atoms with E-state index in [1.807, 2.05) is 0 Å². The Morgan fingerprint density at radius 1 is 1.31 bits per heavy atom. The lowest BCUT2D eigenvalue weighted by Crippen LogP contribution is -2.25. The number of rotatable bonds is 6. The van der Waals surface area contributed by atoms with E-state index in [9.17, 15) is 26.8 Å². The minimum absolute atomic E-state index is 0.0875. The Morgan fingerprint density at radius 2 is 2.00 bits per heavy atom. The predicted octanol–water partition coefficient (Wildman–Crippen LogP) is 3.70. The largest absolute Gasteiger partial charge is 0.301 e. The van der Waals surface area contributed by atoms with Crippen LogP contribution >= 0.6 is 11.3 Å². The van der Waals surface area contributed by atoms with Gasteiger partial charge in [0.15, 0.2) is 20.1 Å². The van der Waals surface area contributed by atoms with E-state index in [0.29, 0.717) is 49.0 Å². The number of carbonyl (C=O) groups excluding carboxylic acids is 2. The van der Waals surface area contributed by atoms with Crippen molar-refractivity contribution in [3.05, 3.63) is 40.9 Å². The molecule has 6 nitrogen and oxygen atoms in total. The van der Waals surface area contributed by atoms with Crippen molar-refractivity contribution >= 4 is 38.0 Å². The maximum absolute atomic E-state index is 14.4. The van der Waals surface area contributed by atoms with E-state index >= 15 is 0 Å². The number of amides is 1. The molecule has 2 aromatic rings. The van der Waals surface area contributed by atoms with E-state index in [1.165, 1.54) is 6.07 Å². The number of carbonyl (C=O) groups is 2. The number of benzene rings is 1. The van der Waals surface area contributed by atoms with Crippen molar-refractivity contribution in [2.24, 2.45) is 5.92 Å². The number of hydrogen-bond donors (Lipinski definition) is 1. The molecule has 1 unspecified atom stereocenters. The van der Waals surface area contributed by atoms with Gasteiger partial charge in [-0.05, 0) is 42.9 Å². The average molecular weight is 443 g/mol. The lowest BCUT2D eigenvalue weighted by atomic mass is 9.80. The number of sulfone groups is 1. The first-order chi connectivity index (χ1) is 13.6. The maximum Gasteiger partial charge on any atom is 0.233 e. The molecule has 1 aromatic heterocycles. The molecule has 1 N–H and O–H groups in total.